The highest BCUT2D eigenvalue weighted by Gasteiger charge is 2.48. The summed E-state index contributed by atoms with van der Waals surface area (Å²) in [7, 11) is 0. The van der Waals surface area contributed by atoms with E-state index < -0.39 is 0 Å². The topological polar surface area (TPSA) is 91.2 Å². The number of carbonyl (C=O) groups is 1. The van der Waals surface area contributed by atoms with Crippen LogP contribution in [0, 0.1) is 12.3 Å². The zero-order chi connectivity index (χ0) is 18.4. The second-order valence-electron chi connectivity index (χ2n) is 7.79. The fourth-order valence-corrected chi connectivity index (χ4v) is 4.02. The van der Waals surface area contributed by atoms with Crippen LogP contribution >= 0.6 is 0 Å². The zero-order valence-corrected chi connectivity index (χ0v) is 15.3. The summed E-state index contributed by atoms with van der Waals surface area (Å²) in [6.45, 7) is 5.04. The standard InChI is InChI=1S/C19H22N6O2/c1-13-8-14(27-23-13)9-16(26)24-6-7-25(11-19(10-24)3-4-19)18-15-2-5-20-17(15)21-12-22-18/h2,5,8,12H,3-4,6-7,9-11H2,1H3,(H,20,21,22). The average molecular weight is 366 g/mol. The van der Waals surface area contributed by atoms with Crippen molar-refractivity contribution in [1.82, 2.24) is 25.0 Å². The van der Waals surface area contributed by atoms with Gasteiger partial charge in [0.25, 0.3) is 0 Å². The fourth-order valence-electron chi connectivity index (χ4n) is 4.02. The summed E-state index contributed by atoms with van der Waals surface area (Å²) < 4.78 is 5.23. The number of anilines is 1. The van der Waals surface area contributed by atoms with Gasteiger partial charge in [0, 0.05) is 43.9 Å². The summed E-state index contributed by atoms with van der Waals surface area (Å²) >= 11 is 0. The highest BCUT2D eigenvalue weighted by molar-refractivity contribution is 5.87. The lowest BCUT2D eigenvalue weighted by molar-refractivity contribution is -0.131. The van der Waals surface area contributed by atoms with E-state index >= 15 is 0 Å². The number of carbonyl (C=O) groups excluding carboxylic acids is 1. The van der Waals surface area contributed by atoms with Crippen molar-refractivity contribution in [3.63, 3.8) is 0 Å². The maximum Gasteiger partial charge on any atom is 0.230 e. The van der Waals surface area contributed by atoms with E-state index in [2.05, 4.69) is 25.0 Å². The van der Waals surface area contributed by atoms with E-state index in [4.69, 9.17) is 4.52 Å². The molecule has 0 bridgehead atoms. The monoisotopic (exact) mass is 366 g/mol. The van der Waals surface area contributed by atoms with Gasteiger partial charge in [-0.25, -0.2) is 9.97 Å². The molecule has 3 aromatic heterocycles. The number of aromatic nitrogens is 4. The predicted molar refractivity (Wildman–Crippen MR) is 99.3 cm³/mol. The molecule has 1 aliphatic heterocycles. The second kappa shape index (κ2) is 6.07. The van der Waals surface area contributed by atoms with Crippen molar-refractivity contribution in [2.24, 2.45) is 5.41 Å². The maximum absolute atomic E-state index is 12.8. The Morgan fingerprint density at radius 2 is 2.19 bits per heavy atom. The van der Waals surface area contributed by atoms with Crippen molar-refractivity contribution in [3.8, 4) is 0 Å². The van der Waals surface area contributed by atoms with E-state index in [1.54, 1.807) is 6.33 Å². The van der Waals surface area contributed by atoms with E-state index in [-0.39, 0.29) is 17.7 Å². The molecule has 8 heteroatoms. The minimum absolute atomic E-state index is 0.105. The fraction of sp³-hybridized carbons (Fsp3) is 0.474. The molecule has 8 nitrogen and oxygen atoms in total. The summed E-state index contributed by atoms with van der Waals surface area (Å²) in [6.07, 6.45) is 6.06. The largest absolute Gasteiger partial charge is 0.361 e. The van der Waals surface area contributed by atoms with Crippen LogP contribution in [0.1, 0.15) is 24.3 Å². The molecule has 1 spiro atoms. The molecule has 1 amide bonds. The zero-order valence-electron chi connectivity index (χ0n) is 15.3. The second-order valence-corrected chi connectivity index (χ2v) is 7.79. The lowest BCUT2D eigenvalue weighted by atomic mass is 10.1. The molecule has 0 unspecified atom stereocenters. The molecule has 5 rings (SSSR count). The van der Waals surface area contributed by atoms with Gasteiger partial charge in [0.05, 0.1) is 17.5 Å². The summed E-state index contributed by atoms with van der Waals surface area (Å²) in [6, 6.07) is 3.85. The number of nitrogens with one attached hydrogen (secondary N) is 1. The number of aromatic amines is 1. The quantitative estimate of drug-likeness (QED) is 0.762. The average Bonchev–Trinajstić information content (AvgIpc) is 3.09. The Morgan fingerprint density at radius 3 is 2.96 bits per heavy atom. The SMILES string of the molecule is Cc1cc(CC(=O)N2CCN(c3ncnc4[nH]ccc34)CC3(CC3)C2)on1. The molecule has 4 heterocycles. The van der Waals surface area contributed by atoms with Gasteiger partial charge in [0.1, 0.15) is 23.6 Å². The molecule has 140 valence electrons. The van der Waals surface area contributed by atoms with Crippen LogP contribution in [0.2, 0.25) is 0 Å². The molecular formula is C19H22N6O2. The van der Waals surface area contributed by atoms with Crippen LogP contribution in [0.4, 0.5) is 5.82 Å². The van der Waals surface area contributed by atoms with E-state index in [9.17, 15) is 4.79 Å². The third-order valence-electron chi connectivity index (χ3n) is 5.64. The van der Waals surface area contributed by atoms with Crippen LogP contribution in [0.3, 0.4) is 0 Å². The van der Waals surface area contributed by atoms with Gasteiger partial charge in [-0.15, -0.1) is 0 Å². The smallest absolute Gasteiger partial charge is 0.230 e. The van der Waals surface area contributed by atoms with Gasteiger partial charge in [-0.2, -0.15) is 0 Å². The van der Waals surface area contributed by atoms with E-state index in [0.29, 0.717) is 12.3 Å². The first-order valence-corrected chi connectivity index (χ1v) is 9.35. The van der Waals surface area contributed by atoms with Gasteiger partial charge in [0.15, 0.2) is 0 Å². The highest BCUT2D eigenvalue weighted by atomic mass is 16.5. The van der Waals surface area contributed by atoms with Gasteiger partial charge in [-0.3, -0.25) is 4.79 Å². The molecule has 1 N–H and O–H groups in total. The van der Waals surface area contributed by atoms with Gasteiger partial charge in [-0.05, 0) is 25.8 Å². The first kappa shape index (κ1) is 16.3. The summed E-state index contributed by atoms with van der Waals surface area (Å²) in [4.78, 5) is 29.1. The lowest BCUT2D eigenvalue weighted by Gasteiger charge is -2.25. The number of H-pyrrole nitrogens is 1. The first-order chi connectivity index (χ1) is 13.1. The van der Waals surface area contributed by atoms with Crippen LogP contribution in [0.5, 0.6) is 0 Å². The lowest BCUT2D eigenvalue weighted by Crippen LogP contribution is -2.37. The minimum Gasteiger partial charge on any atom is -0.361 e. The summed E-state index contributed by atoms with van der Waals surface area (Å²) in [5.41, 5.74) is 1.83. The number of rotatable bonds is 3. The van der Waals surface area contributed by atoms with Crippen LogP contribution in [0.15, 0.2) is 29.2 Å². The van der Waals surface area contributed by atoms with Gasteiger partial charge in [-0.1, -0.05) is 5.16 Å². The third-order valence-corrected chi connectivity index (χ3v) is 5.64. The Labute approximate surface area is 156 Å². The minimum atomic E-state index is 0.105. The van der Waals surface area contributed by atoms with Crippen molar-refractivity contribution >= 4 is 22.8 Å². The third kappa shape index (κ3) is 3.05. The predicted octanol–water partition coefficient (Wildman–Crippen LogP) is 1.93. The van der Waals surface area contributed by atoms with E-state index in [0.717, 1.165) is 55.0 Å². The number of nitrogens with zero attached hydrogens (tertiary/aromatic N) is 5. The Morgan fingerprint density at radius 1 is 1.30 bits per heavy atom. The molecule has 0 radical (unpaired) electrons. The number of aryl methyl sites for hydroxylation is 1. The number of amides is 1. The Balaban J connectivity index is 1.37. The summed E-state index contributed by atoms with van der Waals surface area (Å²) in [5, 5.41) is 4.91. The molecule has 2 aliphatic rings. The van der Waals surface area contributed by atoms with E-state index in [1.165, 1.54) is 0 Å². The number of fused-ring (bicyclic) bond motifs is 1. The van der Waals surface area contributed by atoms with Gasteiger partial charge < -0.3 is 19.3 Å². The van der Waals surface area contributed by atoms with Crippen LogP contribution in [-0.2, 0) is 11.2 Å². The number of hydrogen-bond donors (Lipinski definition) is 1. The molecule has 1 saturated carbocycles. The van der Waals surface area contributed by atoms with E-state index in [1.807, 2.05) is 30.2 Å². The van der Waals surface area contributed by atoms with Gasteiger partial charge in [0.2, 0.25) is 5.91 Å². The molecule has 1 aliphatic carbocycles. The Kier molecular flexibility index (Phi) is 3.66. The van der Waals surface area contributed by atoms with Crippen molar-refractivity contribution in [2.75, 3.05) is 31.1 Å². The molecule has 2 fully saturated rings. The normalized spacial score (nSPS) is 18.9. The van der Waals surface area contributed by atoms with Crippen molar-refractivity contribution in [1.29, 1.82) is 0 Å². The Hall–Kier alpha value is -2.90. The molecule has 27 heavy (non-hydrogen) atoms. The van der Waals surface area contributed by atoms with Crippen LogP contribution in [0.25, 0.3) is 11.0 Å². The highest BCUT2D eigenvalue weighted by Crippen LogP contribution is 2.48. The molecule has 0 atom stereocenters. The number of hydrogen-bond acceptors (Lipinski definition) is 6. The first-order valence-electron chi connectivity index (χ1n) is 9.35. The van der Waals surface area contributed by atoms with Crippen molar-refractivity contribution in [3.05, 3.63) is 36.1 Å². The maximum atomic E-state index is 12.8. The summed E-state index contributed by atoms with van der Waals surface area (Å²) in [5.74, 6) is 1.69. The molecule has 3 aromatic rings. The van der Waals surface area contributed by atoms with Gasteiger partial charge >= 0.3 is 0 Å². The van der Waals surface area contributed by atoms with Crippen LogP contribution in [-0.4, -0.2) is 57.1 Å². The van der Waals surface area contributed by atoms with Crippen LogP contribution < -0.4 is 4.90 Å². The molecule has 0 aromatic carbocycles. The Bertz CT molecular complexity index is 989. The van der Waals surface area contributed by atoms with Crippen molar-refractivity contribution in [2.45, 2.75) is 26.2 Å². The molecular weight excluding hydrogens is 344 g/mol. The van der Waals surface area contributed by atoms with Crippen molar-refractivity contribution < 1.29 is 9.32 Å². The molecule has 1 saturated heterocycles.